The maximum absolute atomic E-state index is 12.5. The Hall–Kier alpha value is -2.91. The van der Waals surface area contributed by atoms with Crippen LogP contribution in [0.5, 0.6) is 0 Å². The van der Waals surface area contributed by atoms with Gasteiger partial charge in [0.15, 0.2) is 9.84 Å². The molecule has 1 aliphatic rings. The first-order chi connectivity index (χ1) is 14.2. The molecule has 7 nitrogen and oxygen atoms in total. The van der Waals surface area contributed by atoms with E-state index in [9.17, 15) is 13.2 Å². The standard InChI is InChI=1S/C21H22N4O3S2/c1-30(27,28)18-11-14-6-3-2-5-13(14)9-16(18)24-21(25-8-4-7-19(25)26)15-10-17(20(22)23)29-12-15/h2-3,5-6,9-12,21,24H,4,7-8H2,1H3,(H3,22,23). The summed E-state index contributed by atoms with van der Waals surface area (Å²) in [6.45, 7) is 0.573. The minimum atomic E-state index is -3.52. The molecule has 0 saturated carbocycles. The Morgan fingerprint density at radius 2 is 1.93 bits per heavy atom. The average Bonchev–Trinajstić information content (AvgIpc) is 3.34. The second-order valence-corrected chi connectivity index (χ2v) is 10.3. The number of carbonyl (C=O) groups excluding carboxylic acids is 1. The molecule has 1 unspecified atom stereocenters. The van der Waals surface area contributed by atoms with Crippen molar-refractivity contribution >= 4 is 49.4 Å². The number of nitrogens with one attached hydrogen (secondary N) is 2. The average molecular weight is 443 g/mol. The van der Waals surface area contributed by atoms with Crippen LogP contribution in [0.1, 0.15) is 29.4 Å². The summed E-state index contributed by atoms with van der Waals surface area (Å²) in [6.07, 6.45) is 1.83. The van der Waals surface area contributed by atoms with Crippen LogP contribution in [0.25, 0.3) is 10.8 Å². The van der Waals surface area contributed by atoms with Crippen molar-refractivity contribution < 1.29 is 13.2 Å². The van der Waals surface area contributed by atoms with Gasteiger partial charge < -0.3 is 16.0 Å². The second kappa shape index (κ2) is 7.73. The Bertz CT molecular complexity index is 1250. The predicted octanol–water partition coefficient (Wildman–Crippen LogP) is 3.32. The van der Waals surface area contributed by atoms with Crippen molar-refractivity contribution in [2.45, 2.75) is 23.9 Å². The normalized spacial score (nSPS) is 15.5. The number of nitrogens with zero attached hydrogens (tertiary/aromatic N) is 1. The molecule has 1 fully saturated rings. The lowest BCUT2D eigenvalue weighted by Crippen LogP contribution is -2.34. The molecule has 4 N–H and O–H groups in total. The summed E-state index contributed by atoms with van der Waals surface area (Å²) in [5, 5.41) is 14.6. The third kappa shape index (κ3) is 3.90. The molecule has 156 valence electrons. The number of likely N-dealkylation sites (tertiary alicyclic amines) is 1. The number of amidine groups is 1. The SMILES string of the molecule is CS(=O)(=O)c1cc2ccccc2cc1NC(c1csc(C(=N)N)c1)N1CCCC1=O. The second-order valence-electron chi connectivity index (χ2n) is 7.36. The zero-order valence-corrected chi connectivity index (χ0v) is 18.0. The van der Waals surface area contributed by atoms with Crippen molar-refractivity contribution in [1.29, 1.82) is 5.41 Å². The van der Waals surface area contributed by atoms with Crippen LogP contribution in [-0.2, 0) is 14.6 Å². The van der Waals surface area contributed by atoms with Gasteiger partial charge in [-0.15, -0.1) is 11.3 Å². The van der Waals surface area contributed by atoms with E-state index in [-0.39, 0.29) is 16.6 Å². The number of hydrogen-bond donors (Lipinski definition) is 3. The van der Waals surface area contributed by atoms with Crippen LogP contribution in [0.15, 0.2) is 52.7 Å². The van der Waals surface area contributed by atoms with Gasteiger partial charge in [-0.25, -0.2) is 8.42 Å². The Labute approximate surface area is 178 Å². The summed E-state index contributed by atoms with van der Waals surface area (Å²) in [5.41, 5.74) is 6.83. The highest BCUT2D eigenvalue weighted by Gasteiger charge is 2.31. The number of benzene rings is 2. The van der Waals surface area contributed by atoms with Crippen molar-refractivity contribution in [3.63, 3.8) is 0 Å². The van der Waals surface area contributed by atoms with Gasteiger partial charge in [-0.05, 0) is 40.8 Å². The number of thiophene rings is 1. The molecule has 2 heterocycles. The van der Waals surface area contributed by atoms with Gasteiger partial charge >= 0.3 is 0 Å². The molecule has 4 rings (SSSR count). The van der Waals surface area contributed by atoms with Crippen molar-refractivity contribution in [3.8, 4) is 0 Å². The Morgan fingerprint density at radius 1 is 1.23 bits per heavy atom. The lowest BCUT2D eigenvalue weighted by molar-refractivity contribution is -0.129. The zero-order chi connectivity index (χ0) is 21.5. The van der Waals surface area contributed by atoms with E-state index in [4.69, 9.17) is 11.1 Å². The number of nitrogens with two attached hydrogens (primary N) is 1. The number of amides is 1. The van der Waals surface area contributed by atoms with Crippen molar-refractivity contribution in [1.82, 2.24) is 4.90 Å². The van der Waals surface area contributed by atoms with Gasteiger partial charge in [-0.3, -0.25) is 10.2 Å². The van der Waals surface area contributed by atoms with Crippen molar-refractivity contribution in [3.05, 3.63) is 58.3 Å². The van der Waals surface area contributed by atoms with Crippen LogP contribution in [0.4, 0.5) is 5.69 Å². The minimum absolute atomic E-state index is 0.00442. The van der Waals surface area contributed by atoms with Gasteiger partial charge in [-0.1, -0.05) is 24.3 Å². The highest BCUT2D eigenvalue weighted by molar-refractivity contribution is 7.90. The number of fused-ring (bicyclic) bond motifs is 1. The van der Waals surface area contributed by atoms with E-state index < -0.39 is 16.0 Å². The van der Waals surface area contributed by atoms with Crippen LogP contribution >= 0.6 is 11.3 Å². The van der Waals surface area contributed by atoms with Crippen LogP contribution < -0.4 is 11.1 Å². The van der Waals surface area contributed by atoms with E-state index in [0.717, 1.165) is 22.8 Å². The molecule has 9 heteroatoms. The van der Waals surface area contributed by atoms with Gasteiger partial charge in [0, 0.05) is 24.8 Å². The van der Waals surface area contributed by atoms with Crippen molar-refractivity contribution in [2.75, 3.05) is 18.1 Å². The lowest BCUT2D eigenvalue weighted by Gasteiger charge is -2.30. The summed E-state index contributed by atoms with van der Waals surface area (Å²) in [6, 6.07) is 12.8. The van der Waals surface area contributed by atoms with Gasteiger partial charge in [0.25, 0.3) is 0 Å². The molecule has 0 bridgehead atoms. The lowest BCUT2D eigenvalue weighted by atomic mass is 10.1. The highest BCUT2D eigenvalue weighted by atomic mass is 32.2. The summed E-state index contributed by atoms with van der Waals surface area (Å²) in [4.78, 5) is 15.0. The Morgan fingerprint density at radius 3 is 2.50 bits per heavy atom. The maximum atomic E-state index is 12.5. The first-order valence-corrected chi connectivity index (χ1v) is 12.2. The van der Waals surface area contributed by atoms with Crippen molar-refractivity contribution in [2.24, 2.45) is 5.73 Å². The fourth-order valence-electron chi connectivity index (χ4n) is 3.71. The first kappa shape index (κ1) is 20.4. The molecular formula is C21H22N4O3S2. The summed E-state index contributed by atoms with van der Waals surface area (Å²) in [5.74, 6) is -0.0370. The van der Waals surface area contributed by atoms with E-state index in [2.05, 4.69) is 5.32 Å². The molecule has 3 aromatic rings. The molecule has 0 aliphatic carbocycles. The van der Waals surface area contributed by atoms with Crippen LogP contribution in [0.3, 0.4) is 0 Å². The fourth-order valence-corrected chi connectivity index (χ4v) is 5.35. The first-order valence-electron chi connectivity index (χ1n) is 9.46. The number of nitrogen functional groups attached to an aromatic ring is 1. The number of sulfone groups is 1. The highest BCUT2D eigenvalue weighted by Crippen LogP contribution is 2.35. The van der Waals surface area contributed by atoms with Gasteiger partial charge in [-0.2, -0.15) is 0 Å². The summed E-state index contributed by atoms with van der Waals surface area (Å²) in [7, 11) is -3.52. The van der Waals surface area contributed by atoms with E-state index >= 15 is 0 Å². The molecule has 1 saturated heterocycles. The number of rotatable bonds is 6. The number of anilines is 1. The van der Waals surface area contributed by atoms with Gasteiger partial charge in [0.1, 0.15) is 12.0 Å². The third-order valence-electron chi connectivity index (χ3n) is 5.16. The molecule has 0 spiro atoms. The predicted molar refractivity (Wildman–Crippen MR) is 120 cm³/mol. The minimum Gasteiger partial charge on any atom is -0.383 e. The monoisotopic (exact) mass is 442 g/mol. The smallest absolute Gasteiger partial charge is 0.224 e. The van der Waals surface area contributed by atoms with Crippen LogP contribution in [0.2, 0.25) is 0 Å². The molecular weight excluding hydrogens is 420 g/mol. The van der Waals surface area contributed by atoms with E-state index in [1.807, 2.05) is 29.6 Å². The third-order valence-corrected chi connectivity index (χ3v) is 7.28. The Balaban J connectivity index is 1.83. The largest absolute Gasteiger partial charge is 0.383 e. The molecule has 1 aliphatic heterocycles. The number of hydrogen-bond acceptors (Lipinski definition) is 6. The topological polar surface area (TPSA) is 116 Å². The summed E-state index contributed by atoms with van der Waals surface area (Å²) >= 11 is 1.32. The van der Waals surface area contributed by atoms with E-state index in [0.29, 0.717) is 23.5 Å². The van der Waals surface area contributed by atoms with E-state index in [1.54, 1.807) is 23.1 Å². The molecule has 0 radical (unpaired) electrons. The maximum Gasteiger partial charge on any atom is 0.224 e. The molecule has 2 aromatic carbocycles. The number of carbonyl (C=O) groups is 1. The van der Waals surface area contributed by atoms with Gasteiger partial charge in [0.2, 0.25) is 5.91 Å². The summed E-state index contributed by atoms with van der Waals surface area (Å²) < 4.78 is 25.1. The molecule has 1 aromatic heterocycles. The van der Waals surface area contributed by atoms with E-state index in [1.165, 1.54) is 17.6 Å². The molecule has 30 heavy (non-hydrogen) atoms. The van der Waals surface area contributed by atoms with Crippen LogP contribution in [0, 0.1) is 5.41 Å². The molecule has 1 atom stereocenters. The Kier molecular flexibility index (Phi) is 5.25. The quantitative estimate of drug-likeness (QED) is 0.400. The van der Waals surface area contributed by atoms with Gasteiger partial charge in [0.05, 0.1) is 15.5 Å². The van der Waals surface area contributed by atoms with Crippen LogP contribution in [-0.4, -0.2) is 37.9 Å². The zero-order valence-electron chi connectivity index (χ0n) is 16.4. The molecule has 1 amide bonds. The fraction of sp³-hybridized carbons (Fsp3) is 0.238.